The van der Waals surface area contributed by atoms with Crippen LogP contribution in [0.2, 0.25) is 0 Å². The van der Waals surface area contributed by atoms with Gasteiger partial charge in [0.2, 0.25) is 0 Å². The van der Waals surface area contributed by atoms with Gasteiger partial charge in [-0.25, -0.2) is 0 Å². The number of aliphatic hydroxyl groups excluding tert-OH is 1. The molecule has 0 spiro atoms. The number of benzene rings is 1. The summed E-state index contributed by atoms with van der Waals surface area (Å²) in [5.74, 6) is 0. The van der Waals surface area contributed by atoms with Crippen molar-refractivity contribution in [3.8, 4) is 0 Å². The highest BCUT2D eigenvalue weighted by Gasteiger charge is 2.03. The van der Waals surface area contributed by atoms with E-state index < -0.39 is 0 Å². The molecule has 0 aliphatic heterocycles. The maximum Gasteiger partial charge on any atom is 0.0787 e. The summed E-state index contributed by atoms with van der Waals surface area (Å²) in [4.78, 5) is 0. The first-order chi connectivity index (χ1) is 7.27. The minimum Gasteiger partial charge on any atom is -0.388 e. The number of aryl methyl sites for hydroxylation is 1. The topological polar surface area (TPSA) is 20.2 Å². The van der Waals surface area contributed by atoms with Gasteiger partial charge in [-0.15, -0.1) is 0 Å². The molecule has 0 unspecified atom stereocenters. The Bertz CT molecular complexity index is 263. The summed E-state index contributed by atoms with van der Waals surface area (Å²) in [5, 5.41) is 9.63. The highest BCUT2D eigenvalue weighted by atomic mass is 16.3. The number of aliphatic hydroxyl groups is 1. The van der Waals surface area contributed by atoms with E-state index in [1.807, 2.05) is 6.92 Å². The molecule has 0 radical (unpaired) electrons. The molecule has 1 aromatic rings. The summed E-state index contributed by atoms with van der Waals surface area (Å²) in [7, 11) is 0. The molecule has 15 heavy (non-hydrogen) atoms. The third kappa shape index (κ3) is 4.05. The fourth-order valence-electron chi connectivity index (χ4n) is 1.72. The van der Waals surface area contributed by atoms with Crippen molar-refractivity contribution in [3.05, 3.63) is 35.4 Å². The molecule has 0 aliphatic rings. The lowest BCUT2D eigenvalue weighted by atomic mass is 10.0. The smallest absolute Gasteiger partial charge is 0.0787 e. The van der Waals surface area contributed by atoms with Gasteiger partial charge in [0.25, 0.3) is 0 Å². The first-order valence-electron chi connectivity index (χ1n) is 6.04. The Kier molecular flexibility index (Phi) is 5.41. The monoisotopic (exact) mass is 206 g/mol. The Morgan fingerprint density at radius 3 is 2.27 bits per heavy atom. The van der Waals surface area contributed by atoms with Gasteiger partial charge in [0.15, 0.2) is 0 Å². The molecule has 1 rings (SSSR count). The predicted molar refractivity (Wildman–Crippen MR) is 64.9 cm³/mol. The zero-order valence-electron chi connectivity index (χ0n) is 9.87. The molecule has 1 aromatic carbocycles. The zero-order chi connectivity index (χ0) is 11.1. The summed E-state index contributed by atoms with van der Waals surface area (Å²) < 4.78 is 0. The molecule has 0 saturated heterocycles. The van der Waals surface area contributed by atoms with E-state index in [1.165, 1.54) is 24.8 Å². The van der Waals surface area contributed by atoms with Crippen molar-refractivity contribution in [1.82, 2.24) is 0 Å². The van der Waals surface area contributed by atoms with Crippen LogP contribution >= 0.6 is 0 Å². The van der Waals surface area contributed by atoms with Crippen LogP contribution in [0.15, 0.2) is 24.3 Å². The molecule has 0 amide bonds. The largest absolute Gasteiger partial charge is 0.388 e. The Balaban J connectivity index is 2.49. The Morgan fingerprint density at radius 1 is 1.07 bits per heavy atom. The summed E-state index contributed by atoms with van der Waals surface area (Å²) in [6.45, 7) is 4.22. The van der Waals surface area contributed by atoms with Crippen molar-refractivity contribution < 1.29 is 5.11 Å². The number of hydrogen-bond donors (Lipinski definition) is 1. The van der Waals surface area contributed by atoms with E-state index in [1.54, 1.807) is 0 Å². The predicted octanol–water partition coefficient (Wildman–Crippen LogP) is 3.86. The molecule has 0 fully saturated rings. The first kappa shape index (κ1) is 12.3. The highest BCUT2D eigenvalue weighted by Crippen LogP contribution is 2.17. The van der Waals surface area contributed by atoms with Crippen molar-refractivity contribution >= 4 is 0 Å². The van der Waals surface area contributed by atoms with Crippen LogP contribution < -0.4 is 0 Å². The van der Waals surface area contributed by atoms with Crippen LogP contribution in [0, 0.1) is 0 Å². The molecule has 1 heteroatoms. The van der Waals surface area contributed by atoms with E-state index in [9.17, 15) is 5.11 Å². The average molecular weight is 206 g/mol. The second-order valence-electron chi connectivity index (χ2n) is 4.12. The minimum absolute atomic E-state index is 0.297. The Morgan fingerprint density at radius 2 is 1.73 bits per heavy atom. The second kappa shape index (κ2) is 6.62. The van der Waals surface area contributed by atoms with Gasteiger partial charge in [-0.1, -0.05) is 51.0 Å². The molecule has 0 heterocycles. The van der Waals surface area contributed by atoms with Crippen LogP contribution in [0.3, 0.4) is 0 Å². The normalized spacial score (nSPS) is 12.7. The quantitative estimate of drug-likeness (QED) is 0.701. The molecule has 0 bridgehead atoms. The van der Waals surface area contributed by atoms with E-state index in [-0.39, 0.29) is 6.10 Å². The Labute approximate surface area is 93.1 Å². The summed E-state index contributed by atoms with van der Waals surface area (Å²) in [6.07, 6.45) is 5.50. The molecule has 84 valence electrons. The van der Waals surface area contributed by atoms with Crippen LogP contribution in [0.5, 0.6) is 0 Å². The third-order valence-electron chi connectivity index (χ3n) is 2.82. The molecule has 0 saturated carbocycles. The lowest BCUT2D eigenvalue weighted by Gasteiger charge is -2.08. The number of rotatable bonds is 6. The lowest BCUT2D eigenvalue weighted by Crippen LogP contribution is -1.95. The molecule has 1 atom stereocenters. The second-order valence-corrected chi connectivity index (χ2v) is 4.12. The Hall–Kier alpha value is -0.820. The van der Waals surface area contributed by atoms with Crippen molar-refractivity contribution in [1.29, 1.82) is 0 Å². The van der Waals surface area contributed by atoms with Crippen molar-refractivity contribution in [2.75, 3.05) is 0 Å². The molecule has 1 N–H and O–H groups in total. The van der Waals surface area contributed by atoms with Crippen LogP contribution in [0.4, 0.5) is 0 Å². The highest BCUT2D eigenvalue weighted by molar-refractivity contribution is 5.24. The maximum atomic E-state index is 9.63. The van der Waals surface area contributed by atoms with Crippen LogP contribution in [-0.2, 0) is 6.42 Å². The van der Waals surface area contributed by atoms with Gasteiger partial charge in [0.1, 0.15) is 0 Å². The van der Waals surface area contributed by atoms with Gasteiger partial charge < -0.3 is 5.11 Å². The van der Waals surface area contributed by atoms with Crippen LogP contribution in [-0.4, -0.2) is 5.11 Å². The van der Waals surface area contributed by atoms with Crippen molar-refractivity contribution in [3.63, 3.8) is 0 Å². The lowest BCUT2D eigenvalue weighted by molar-refractivity contribution is 0.173. The number of unbranched alkanes of at least 4 members (excludes halogenated alkanes) is 2. The fourth-order valence-corrected chi connectivity index (χ4v) is 1.72. The third-order valence-corrected chi connectivity index (χ3v) is 2.82. The summed E-state index contributed by atoms with van der Waals surface area (Å²) in [5.41, 5.74) is 2.42. The van der Waals surface area contributed by atoms with Gasteiger partial charge in [-0.3, -0.25) is 0 Å². The van der Waals surface area contributed by atoms with Crippen molar-refractivity contribution in [2.24, 2.45) is 0 Å². The van der Waals surface area contributed by atoms with Gasteiger partial charge in [-0.2, -0.15) is 0 Å². The SMILES string of the molecule is CCCCCc1ccc([C@H](O)CC)cc1. The molecule has 1 nitrogen and oxygen atoms in total. The molecular formula is C14H22O. The van der Waals surface area contributed by atoms with Gasteiger partial charge in [-0.05, 0) is 30.4 Å². The fraction of sp³-hybridized carbons (Fsp3) is 0.571. The summed E-state index contributed by atoms with van der Waals surface area (Å²) >= 11 is 0. The summed E-state index contributed by atoms with van der Waals surface area (Å²) in [6, 6.07) is 8.39. The number of hydrogen-bond acceptors (Lipinski definition) is 1. The van der Waals surface area contributed by atoms with Gasteiger partial charge in [0, 0.05) is 0 Å². The standard InChI is InChI=1S/C14H22O/c1-3-5-6-7-12-8-10-13(11-9-12)14(15)4-2/h8-11,14-15H,3-7H2,1-2H3/t14-/m1/s1. The van der Waals surface area contributed by atoms with E-state index >= 15 is 0 Å². The maximum absolute atomic E-state index is 9.63. The molecule has 0 aromatic heterocycles. The van der Waals surface area contributed by atoms with Gasteiger partial charge in [0.05, 0.1) is 6.10 Å². The first-order valence-corrected chi connectivity index (χ1v) is 6.04. The van der Waals surface area contributed by atoms with Crippen LogP contribution in [0.25, 0.3) is 0 Å². The van der Waals surface area contributed by atoms with E-state index in [0.29, 0.717) is 0 Å². The zero-order valence-corrected chi connectivity index (χ0v) is 9.87. The average Bonchev–Trinajstić information content (AvgIpc) is 2.29. The minimum atomic E-state index is -0.297. The van der Waals surface area contributed by atoms with E-state index in [0.717, 1.165) is 18.4 Å². The van der Waals surface area contributed by atoms with Crippen molar-refractivity contribution in [2.45, 2.75) is 52.1 Å². The van der Waals surface area contributed by atoms with E-state index in [2.05, 4.69) is 31.2 Å². The molecular weight excluding hydrogens is 184 g/mol. The van der Waals surface area contributed by atoms with E-state index in [4.69, 9.17) is 0 Å². The molecule has 0 aliphatic carbocycles. The van der Waals surface area contributed by atoms with Crippen LogP contribution in [0.1, 0.15) is 56.8 Å². The van der Waals surface area contributed by atoms with Gasteiger partial charge >= 0.3 is 0 Å².